The number of rotatable bonds is 13. The highest BCUT2D eigenvalue weighted by Gasteiger charge is 2.24. The minimum Gasteiger partial charge on any atom is -0.480 e. The summed E-state index contributed by atoms with van der Waals surface area (Å²) < 4.78 is 5.00. The summed E-state index contributed by atoms with van der Waals surface area (Å²) in [5.41, 5.74) is 5.67. The molecule has 1 aromatic rings. The van der Waals surface area contributed by atoms with Crippen molar-refractivity contribution >= 4 is 46.5 Å². The Morgan fingerprint density at radius 1 is 1.15 bits per heavy atom. The van der Waals surface area contributed by atoms with Crippen LogP contribution in [0.4, 0.5) is 10.5 Å². The Hall–Kier alpha value is -3.72. The maximum atomic E-state index is 12.2. The molecule has 0 spiro atoms. The lowest BCUT2D eigenvalue weighted by atomic mass is 10.1. The van der Waals surface area contributed by atoms with E-state index in [1.54, 1.807) is 0 Å². The minimum atomic E-state index is -1.32. The number of benzene rings is 1. The van der Waals surface area contributed by atoms with Crippen LogP contribution in [0.2, 0.25) is 0 Å². The van der Waals surface area contributed by atoms with E-state index in [9.17, 15) is 34.1 Å². The number of carbonyl (C=O) groups is 5. The average molecular weight is 486 g/mol. The molecule has 33 heavy (non-hydrogen) atoms. The van der Waals surface area contributed by atoms with Crippen molar-refractivity contribution in [1.29, 1.82) is 0 Å². The van der Waals surface area contributed by atoms with Crippen LogP contribution in [0.25, 0.3) is 0 Å². The lowest BCUT2D eigenvalue weighted by Gasteiger charge is -2.17. The molecule has 0 unspecified atom stereocenters. The molecule has 1 rings (SSSR count). The highest BCUT2D eigenvalue weighted by molar-refractivity contribution is 8.13. The molecule has 0 aromatic heterocycles. The number of nitrogens with one attached hydrogen (secondary N) is 2. The fourth-order valence-electron chi connectivity index (χ4n) is 2.19. The van der Waals surface area contributed by atoms with Gasteiger partial charge in [-0.25, -0.2) is 4.79 Å². The van der Waals surface area contributed by atoms with Crippen molar-refractivity contribution in [2.75, 3.05) is 12.3 Å². The van der Waals surface area contributed by atoms with Gasteiger partial charge in [-0.2, -0.15) is 0 Å². The normalized spacial score (nSPS) is 12.2. The number of hydrogen-bond acceptors (Lipinski definition) is 10. The maximum Gasteiger partial charge on any atom is 0.367 e. The molecule has 2 atom stereocenters. The number of carboxylic acids is 2. The number of carboxylic acid groups (broad SMARTS) is 2. The minimum absolute atomic E-state index is 0.130. The van der Waals surface area contributed by atoms with Crippen LogP contribution in [-0.4, -0.2) is 68.6 Å². The topological polar surface area (TPSA) is 228 Å². The second kappa shape index (κ2) is 13.6. The predicted molar refractivity (Wildman–Crippen MR) is 113 cm³/mol. The number of nitrogens with two attached hydrogens (primary N) is 1. The molecule has 0 saturated heterocycles. The molecule has 0 radical (unpaired) electrons. The first-order valence-corrected chi connectivity index (χ1v) is 10.3. The highest BCUT2D eigenvalue weighted by atomic mass is 32.2. The number of nitrogens with zero attached hydrogens (tertiary/aromatic N) is 1. The number of hydrogen-bond donors (Lipinski definition) is 5. The van der Waals surface area contributed by atoms with Crippen molar-refractivity contribution in [2.24, 2.45) is 5.73 Å². The summed E-state index contributed by atoms with van der Waals surface area (Å²) in [7, 11) is 0. The molecule has 15 heteroatoms. The molecule has 0 aliphatic heterocycles. The lowest BCUT2D eigenvalue weighted by molar-refractivity contribution is -0.384. The van der Waals surface area contributed by atoms with Gasteiger partial charge in [0.15, 0.2) is 0 Å². The zero-order chi connectivity index (χ0) is 25.0. The van der Waals surface area contributed by atoms with Crippen LogP contribution in [0.3, 0.4) is 0 Å². The zero-order valence-electron chi connectivity index (χ0n) is 17.1. The van der Waals surface area contributed by atoms with Crippen molar-refractivity contribution in [3.8, 4) is 0 Å². The van der Waals surface area contributed by atoms with E-state index in [1.807, 2.05) is 0 Å². The number of nitro groups is 1. The third-order valence-electron chi connectivity index (χ3n) is 3.94. The van der Waals surface area contributed by atoms with E-state index in [2.05, 4.69) is 10.6 Å². The Balaban J connectivity index is 2.61. The average Bonchev–Trinajstić information content (AvgIpc) is 2.77. The van der Waals surface area contributed by atoms with Gasteiger partial charge < -0.3 is 31.3 Å². The van der Waals surface area contributed by atoms with E-state index >= 15 is 0 Å². The van der Waals surface area contributed by atoms with Gasteiger partial charge >= 0.3 is 17.2 Å². The Morgan fingerprint density at radius 2 is 1.79 bits per heavy atom. The van der Waals surface area contributed by atoms with Gasteiger partial charge in [0.25, 0.3) is 5.69 Å². The van der Waals surface area contributed by atoms with E-state index < -0.39 is 52.6 Å². The smallest absolute Gasteiger partial charge is 0.367 e. The first-order chi connectivity index (χ1) is 15.5. The van der Waals surface area contributed by atoms with Crippen LogP contribution in [0.5, 0.6) is 0 Å². The summed E-state index contributed by atoms with van der Waals surface area (Å²) in [5, 5.41) is 31.6. The van der Waals surface area contributed by atoms with Gasteiger partial charge in [0, 0.05) is 24.3 Å². The summed E-state index contributed by atoms with van der Waals surface area (Å²) in [6, 6.07) is 2.70. The first kappa shape index (κ1) is 27.3. The number of nitro benzene ring substituents is 1. The van der Waals surface area contributed by atoms with Crippen molar-refractivity contribution in [2.45, 2.75) is 31.5 Å². The van der Waals surface area contributed by atoms with Gasteiger partial charge in [0.2, 0.25) is 11.8 Å². The summed E-state index contributed by atoms with van der Waals surface area (Å²) in [6.07, 6.45) is -0.513. The molecule has 0 heterocycles. The van der Waals surface area contributed by atoms with Gasteiger partial charge in [-0.05, 0) is 35.9 Å². The quantitative estimate of drug-likeness (QED) is 0.139. The molecule has 0 aliphatic rings. The number of ether oxygens (including phenoxy) is 1. The number of thioether (sulfide) groups is 1. The van der Waals surface area contributed by atoms with Crippen molar-refractivity contribution < 1.29 is 43.8 Å². The largest absolute Gasteiger partial charge is 0.480 e. The zero-order valence-corrected chi connectivity index (χ0v) is 17.9. The van der Waals surface area contributed by atoms with E-state index in [4.69, 9.17) is 20.7 Å². The number of amides is 2. The third kappa shape index (κ3) is 10.9. The number of carbonyl (C=O) groups excluding carboxylic acids is 3. The van der Waals surface area contributed by atoms with Crippen LogP contribution < -0.4 is 16.4 Å². The SMILES string of the molecule is N[C@H](CCC(=O)N[C@@H](CSC(=O)OCc1ccc([N+](=O)[O-])cc1)C(=O)NCC(=O)O)C(=O)O. The molecule has 1 aromatic carbocycles. The summed E-state index contributed by atoms with van der Waals surface area (Å²) in [6.45, 7) is -0.913. The second-order valence-electron chi connectivity index (χ2n) is 6.49. The molecule has 180 valence electrons. The fraction of sp³-hybridized carbons (Fsp3) is 0.389. The Bertz CT molecular complexity index is 893. The van der Waals surface area contributed by atoms with Gasteiger partial charge in [0.1, 0.15) is 25.2 Å². The van der Waals surface area contributed by atoms with Crippen LogP contribution >= 0.6 is 11.8 Å². The highest BCUT2D eigenvalue weighted by Crippen LogP contribution is 2.15. The molecule has 0 fully saturated rings. The van der Waals surface area contributed by atoms with E-state index in [0.717, 1.165) is 0 Å². The molecule has 2 amide bonds. The second-order valence-corrected chi connectivity index (χ2v) is 7.44. The summed E-state index contributed by atoms with van der Waals surface area (Å²) in [4.78, 5) is 67.6. The summed E-state index contributed by atoms with van der Waals surface area (Å²) >= 11 is 0.535. The Kier molecular flexibility index (Phi) is 11.3. The van der Waals surface area contributed by atoms with Gasteiger partial charge in [-0.15, -0.1) is 0 Å². The van der Waals surface area contributed by atoms with Gasteiger partial charge in [-0.3, -0.25) is 29.3 Å². The molecule has 0 saturated carbocycles. The molecule has 6 N–H and O–H groups in total. The van der Waals surface area contributed by atoms with Crippen LogP contribution in [0.1, 0.15) is 18.4 Å². The van der Waals surface area contributed by atoms with E-state index in [-0.39, 0.29) is 30.9 Å². The summed E-state index contributed by atoms with van der Waals surface area (Å²) in [5.74, 6) is -4.52. The first-order valence-electron chi connectivity index (χ1n) is 9.29. The van der Waals surface area contributed by atoms with Gasteiger partial charge in [0.05, 0.1) is 4.92 Å². The third-order valence-corrected chi connectivity index (χ3v) is 4.79. The standard InChI is InChI=1S/C18H22N4O10S/c19-12(17(27)28)5-6-14(23)21-13(16(26)20-7-15(24)25)9-33-18(29)32-8-10-1-3-11(4-2-10)22(30)31/h1-4,12-13H,5-9,19H2,(H,20,26)(H,21,23)(H,24,25)(H,27,28)/t12-,13+/m1/s1. The van der Waals surface area contributed by atoms with Gasteiger partial charge in [-0.1, -0.05) is 0 Å². The monoisotopic (exact) mass is 486 g/mol. The van der Waals surface area contributed by atoms with Crippen molar-refractivity contribution in [3.63, 3.8) is 0 Å². The van der Waals surface area contributed by atoms with Crippen LogP contribution in [0.15, 0.2) is 24.3 Å². The Labute approximate surface area is 191 Å². The van der Waals surface area contributed by atoms with E-state index in [1.165, 1.54) is 24.3 Å². The van der Waals surface area contributed by atoms with Crippen LogP contribution in [-0.2, 0) is 30.5 Å². The molecule has 0 aliphatic carbocycles. The van der Waals surface area contributed by atoms with Crippen LogP contribution in [0, 0.1) is 10.1 Å². The Morgan fingerprint density at radius 3 is 2.33 bits per heavy atom. The molecular weight excluding hydrogens is 464 g/mol. The molecular formula is C18H22N4O10S. The fourth-order valence-corrected chi connectivity index (χ4v) is 2.87. The molecule has 14 nitrogen and oxygen atoms in total. The van der Waals surface area contributed by atoms with E-state index in [0.29, 0.717) is 17.3 Å². The lowest BCUT2D eigenvalue weighted by Crippen LogP contribution is -2.49. The van der Waals surface area contributed by atoms with Crippen molar-refractivity contribution in [3.05, 3.63) is 39.9 Å². The maximum absolute atomic E-state index is 12.2. The molecule has 0 bridgehead atoms. The predicted octanol–water partition coefficient (Wildman–Crippen LogP) is -0.158. The number of aliphatic carboxylic acids is 2. The van der Waals surface area contributed by atoms with Crippen molar-refractivity contribution in [1.82, 2.24) is 10.6 Å². The number of non-ortho nitro benzene ring substituents is 1.